The summed E-state index contributed by atoms with van der Waals surface area (Å²) in [6.45, 7) is 0.461. The molecular formula is C18H20N2O5S. The Kier molecular flexibility index (Phi) is 5.85. The number of amides is 1. The van der Waals surface area contributed by atoms with E-state index < -0.39 is 18.1 Å². The van der Waals surface area contributed by atoms with Crippen LogP contribution in [0.25, 0.3) is 0 Å². The fourth-order valence-corrected chi connectivity index (χ4v) is 3.57. The molecule has 1 aliphatic heterocycles. The molecule has 0 aliphatic carbocycles. The summed E-state index contributed by atoms with van der Waals surface area (Å²) in [5, 5.41) is 12.4. The van der Waals surface area contributed by atoms with E-state index >= 15 is 0 Å². The molecule has 7 nitrogen and oxygen atoms in total. The number of esters is 1. The molecule has 0 unspecified atom stereocenters. The molecule has 1 aliphatic rings. The zero-order chi connectivity index (χ0) is 18.5. The molecule has 0 saturated carbocycles. The predicted molar refractivity (Wildman–Crippen MR) is 94.7 cm³/mol. The van der Waals surface area contributed by atoms with E-state index in [1.165, 1.54) is 23.3 Å². The molecule has 0 radical (unpaired) electrons. The second-order valence-corrected chi connectivity index (χ2v) is 6.93. The number of aliphatic hydroxyl groups excluding tert-OH is 1. The molecule has 1 fully saturated rings. The fourth-order valence-electron chi connectivity index (χ4n) is 2.86. The Morgan fingerprint density at radius 1 is 1.35 bits per heavy atom. The van der Waals surface area contributed by atoms with Crippen molar-refractivity contribution in [2.24, 2.45) is 0 Å². The zero-order valence-corrected chi connectivity index (χ0v) is 15.1. The number of β-amino-alcohol motifs (C(OH)–C–C–N with tert-alkyl or cyclic N) is 1. The van der Waals surface area contributed by atoms with Gasteiger partial charge in [0.05, 0.1) is 25.3 Å². The Bertz CT molecular complexity index is 764. The van der Waals surface area contributed by atoms with E-state index in [2.05, 4.69) is 4.98 Å². The van der Waals surface area contributed by atoms with Crippen LogP contribution >= 0.6 is 11.3 Å². The number of benzene rings is 1. The maximum absolute atomic E-state index is 12.5. The van der Waals surface area contributed by atoms with Gasteiger partial charge in [0.2, 0.25) is 5.91 Å². The highest BCUT2D eigenvalue weighted by Crippen LogP contribution is 2.21. The molecule has 1 aromatic carbocycles. The molecule has 26 heavy (non-hydrogen) atoms. The summed E-state index contributed by atoms with van der Waals surface area (Å²) < 4.78 is 10.4. The quantitative estimate of drug-likeness (QED) is 0.767. The van der Waals surface area contributed by atoms with Crippen LogP contribution in [0.3, 0.4) is 0 Å². The van der Waals surface area contributed by atoms with Crippen LogP contribution in [-0.4, -0.2) is 52.7 Å². The highest BCUT2D eigenvalue weighted by atomic mass is 32.1. The van der Waals surface area contributed by atoms with Crippen LogP contribution in [0.5, 0.6) is 5.75 Å². The Morgan fingerprint density at radius 2 is 2.12 bits per heavy atom. The van der Waals surface area contributed by atoms with Gasteiger partial charge in [-0.25, -0.2) is 9.78 Å². The number of carbonyl (C=O) groups is 2. The number of aliphatic hydroxyl groups is 1. The van der Waals surface area contributed by atoms with Crippen molar-refractivity contribution < 1.29 is 24.2 Å². The summed E-state index contributed by atoms with van der Waals surface area (Å²) in [6.07, 6.45) is -0.443. The topological polar surface area (TPSA) is 89.0 Å². The van der Waals surface area contributed by atoms with Crippen molar-refractivity contribution in [3.8, 4) is 5.75 Å². The molecule has 1 amide bonds. The van der Waals surface area contributed by atoms with Gasteiger partial charge in [0.15, 0.2) is 0 Å². The number of para-hydroxylation sites is 1. The second kappa shape index (κ2) is 8.29. The van der Waals surface area contributed by atoms with Gasteiger partial charge in [-0.3, -0.25) is 4.79 Å². The van der Waals surface area contributed by atoms with Gasteiger partial charge in [-0.1, -0.05) is 18.2 Å². The average Bonchev–Trinajstić information content (AvgIpc) is 3.26. The normalized spacial score (nSPS) is 19.4. The standard InChI is InChI=1S/C18H20N2O5S/c1-24-18(23)15-8-13(21)9-20(15)17(22)7-12-11-26-16(19-12)10-25-14-5-3-2-4-6-14/h2-6,11,13,15,21H,7-10H2,1H3/t13-,15-/m1/s1. The largest absolute Gasteiger partial charge is 0.486 e. The number of thiazole rings is 1. The molecule has 138 valence electrons. The molecule has 2 atom stereocenters. The Hall–Kier alpha value is -2.45. The number of aromatic nitrogens is 1. The Morgan fingerprint density at radius 3 is 2.85 bits per heavy atom. The lowest BCUT2D eigenvalue weighted by Gasteiger charge is -2.21. The van der Waals surface area contributed by atoms with E-state index in [0.717, 1.165) is 10.8 Å². The van der Waals surface area contributed by atoms with E-state index in [0.29, 0.717) is 12.3 Å². The minimum atomic E-state index is -0.734. The van der Waals surface area contributed by atoms with Crippen LogP contribution in [0.1, 0.15) is 17.1 Å². The Labute approximate surface area is 155 Å². The van der Waals surface area contributed by atoms with Crippen LogP contribution in [0.2, 0.25) is 0 Å². The second-order valence-electron chi connectivity index (χ2n) is 5.99. The van der Waals surface area contributed by atoms with E-state index in [9.17, 15) is 14.7 Å². The molecule has 0 bridgehead atoms. The van der Waals surface area contributed by atoms with Crippen molar-refractivity contribution in [2.75, 3.05) is 13.7 Å². The summed E-state index contributed by atoms with van der Waals surface area (Å²) in [6, 6.07) is 8.69. The van der Waals surface area contributed by atoms with Crippen LogP contribution in [0, 0.1) is 0 Å². The molecule has 0 spiro atoms. The number of hydrogen-bond acceptors (Lipinski definition) is 7. The fraction of sp³-hybridized carbons (Fsp3) is 0.389. The highest BCUT2D eigenvalue weighted by molar-refractivity contribution is 7.09. The molecule has 8 heteroatoms. The SMILES string of the molecule is COC(=O)[C@H]1C[C@@H](O)CN1C(=O)Cc1csc(COc2ccccc2)n1. The molecule has 2 heterocycles. The summed E-state index contributed by atoms with van der Waals surface area (Å²) in [7, 11) is 1.27. The zero-order valence-electron chi connectivity index (χ0n) is 14.3. The van der Waals surface area contributed by atoms with E-state index in [1.807, 2.05) is 30.3 Å². The van der Waals surface area contributed by atoms with Crippen LogP contribution in [0.4, 0.5) is 0 Å². The summed E-state index contributed by atoms with van der Waals surface area (Å²) in [5.41, 5.74) is 0.622. The number of methoxy groups -OCH3 is 1. The van der Waals surface area contributed by atoms with Gasteiger partial charge in [-0.05, 0) is 12.1 Å². The van der Waals surface area contributed by atoms with Crippen molar-refractivity contribution in [3.05, 3.63) is 46.4 Å². The smallest absolute Gasteiger partial charge is 0.328 e. The van der Waals surface area contributed by atoms with Gasteiger partial charge >= 0.3 is 5.97 Å². The number of likely N-dealkylation sites (tertiary alicyclic amines) is 1. The maximum Gasteiger partial charge on any atom is 0.328 e. The van der Waals surface area contributed by atoms with E-state index in [-0.39, 0.29) is 25.3 Å². The predicted octanol–water partition coefficient (Wildman–Crippen LogP) is 1.40. The van der Waals surface area contributed by atoms with Crippen molar-refractivity contribution in [1.29, 1.82) is 0 Å². The first-order chi connectivity index (χ1) is 12.6. The monoisotopic (exact) mass is 376 g/mol. The maximum atomic E-state index is 12.5. The number of hydrogen-bond donors (Lipinski definition) is 1. The molecule has 3 rings (SSSR count). The third-order valence-corrected chi connectivity index (χ3v) is 4.98. The van der Waals surface area contributed by atoms with Gasteiger partial charge in [-0.15, -0.1) is 11.3 Å². The third kappa shape index (κ3) is 4.39. The van der Waals surface area contributed by atoms with Crippen LogP contribution < -0.4 is 4.74 Å². The molecule has 1 aromatic heterocycles. The van der Waals surface area contributed by atoms with Crippen LogP contribution in [-0.2, 0) is 27.4 Å². The lowest BCUT2D eigenvalue weighted by Crippen LogP contribution is -2.42. The number of ether oxygens (including phenoxy) is 2. The van der Waals surface area contributed by atoms with Crippen molar-refractivity contribution in [1.82, 2.24) is 9.88 Å². The van der Waals surface area contributed by atoms with Gasteiger partial charge in [0.1, 0.15) is 23.4 Å². The Balaban J connectivity index is 1.58. The number of rotatable bonds is 6. The van der Waals surface area contributed by atoms with Gasteiger partial charge in [0, 0.05) is 18.3 Å². The first-order valence-corrected chi connectivity index (χ1v) is 9.11. The number of nitrogens with zero attached hydrogens (tertiary/aromatic N) is 2. The van der Waals surface area contributed by atoms with Gasteiger partial charge < -0.3 is 19.5 Å². The van der Waals surface area contributed by atoms with E-state index in [4.69, 9.17) is 9.47 Å². The van der Waals surface area contributed by atoms with Crippen molar-refractivity contribution in [2.45, 2.75) is 31.6 Å². The van der Waals surface area contributed by atoms with Crippen molar-refractivity contribution >= 4 is 23.2 Å². The third-order valence-electron chi connectivity index (χ3n) is 4.11. The van der Waals surface area contributed by atoms with Crippen LogP contribution in [0.15, 0.2) is 35.7 Å². The molecule has 1 N–H and O–H groups in total. The minimum absolute atomic E-state index is 0.0715. The lowest BCUT2D eigenvalue weighted by atomic mass is 10.2. The molecule has 1 saturated heterocycles. The summed E-state index contributed by atoms with van der Waals surface area (Å²) >= 11 is 1.42. The van der Waals surface area contributed by atoms with Gasteiger partial charge in [-0.2, -0.15) is 0 Å². The lowest BCUT2D eigenvalue weighted by molar-refractivity contribution is -0.150. The average molecular weight is 376 g/mol. The first kappa shape index (κ1) is 18.3. The summed E-state index contributed by atoms with van der Waals surface area (Å²) in [5.74, 6) is -0.00444. The number of carbonyl (C=O) groups excluding carboxylic acids is 2. The molecule has 2 aromatic rings. The van der Waals surface area contributed by atoms with Gasteiger partial charge in [0.25, 0.3) is 0 Å². The summed E-state index contributed by atoms with van der Waals surface area (Å²) in [4.78, 5) is 30.1. The van der Waals surface area contributed by atoms with Crippen molar-refractivity contribution in [3.63, 3.8) is 0 Å². The molecular weight excluding hydrogens is 356 g/mol. The minimum Gasteiger partial charge on any atom is -0.486 e. The highest BCUT2D eigenvalue weighted by Gasteiger charge is 2.39. The van der Waals surface area contributed by atoms with E-state index in [1.54, 1.807) is 5.38 Å². The first-order valence-electron chi connectivity index (χ1n) is 8.23.